The number of carbonyl (C=O) groups excluding carboxylic acids is 1. The van der Waals surface area contributed by atoms with Gasteiger partial charge < -0.3 is 5.32 Å². The van der Waals surface area contributed by atoms with Crippen LogP contribution in [0, 0.1) is 6.92 Å². The van der Waals surface area contributed by atoms with Gasteiger partial charge in [-0.2, -0.15) is 5.10 Å². The average Bonchev–Trinajstić information content (AvgIpc) is 3.02. The number of hydrogen-bond donors (Lipinski definition) is 2. The van der Waals surface area contributed by atoms with Crippen molar-refractivity contribution in [2.75, 3.05) is 11.1 Å². The van der Waals surface area contributed by atoms with E-state index in [2.05, 4.69) is 25.5 Å². The Morgan fingerprint density at radius 2 is 2.00 bits per heavy atom. The number of pyridine rings is 1. The molecule has 24 heavy (non-hydrogen) atoms. The van der Waals surface area contributed by atoms with Gasteiger partial charge in [0.05, 0.1) is 11.4 Å². The topological polar surface area (TPSA) is 83.6 Å². The number of hydrogen-bond acceptors (Lipinski definition) is 5. The molecule has 0 aliphatic rings. The highest BCUT2D eigenvalue weighted by Crippen LogP contribution is 2.25. The molecule has 7 heteroatoms. The summed E-state index contributed by atoms with van der Waals surface area (Å²) in [6.45, 7) is 1.84. The van der Waals surface area contributed by atoms with E-state index in [1.54, 1.807) is 24.2 Å². The van der Waals surface area contributed by atoms with Crippen molar-refractivity contribution in [3.8, 4) is 11.4 Å². The molecule has 3 rings (SSSR count). The maximum absolute atomic E-state index is 12.2. The smallest absolute Gasteiger partial charge is 0.234 e. The molecule has 2 N–H and O–H groups in total. The van der Waals surface area contributed by atoms with E-state index in [4.69, 9.17) is 0 Å². The zero-order valence-corrected chi connectivity index (χ0v) is 14.0. The maximum atomic E-state index is 12.2. The molecule has 122 valence electrons. The van der Waals surface area contributed by atoms with E-state index < -0.39 is 0 Å². The van der Waals surface area contributed by atoms with Gasteiger partial charge in [-0.1, -0.05) is 12.1 Å². The van der Waals surface area contributed by atoms with E-state index in [1.807, 2.05) is 43.3 Å². The van der Waals surface area contributed by atoms with Crippen LogP contribution in [0.3, 0.4) is 0 Å². The lowest BCUT2D eigenvalue weighted by Gasteiger charge is -2.09. The third kappa shape index (κ3) is 4.20. The van der Waals surface area contributed by atoms with Gasteiger partial charge in [0.1, 0.15) is 5.82 Å². The highest BCUT2D eigenvalue weighted by molar-refractivity contribution is 7.99. The summed E-state index contributed by atoms with van der Waals surface area (Å²) >= 11 is 1.56. The Morgan fingerprint density at radius 1 is 1.21 bits per heavy atom. The standard InChI is InChI=1S/C17H17N5OS/c1-12-19-17(22-21-12)14-4-2-3-5-15(14)20-16(23)11-24-10-13-6-8-18-9-7-13/h2-9H,10-11H2,1H3,(H,20,23)(H,19,21,22). The molecule has 0 aliphatic carbocycles. The number of rotatable bonds is 6. The minimum atomic E-state index is -0.0474. The average molecular weight is 339 g/mol. The largest absolute Gasteiger partial charge is 0.325 e. The molecule has 2 heterocycles. The molecule has 1 amide bonds. The molecule has 6 nitrogen and oxygen atoms in total. The summed E-state index contributed by atoms with van der Waals surface area (Å²) in [5, 5.41) is 9.91. The summed E-state index contributed by atoms with van der Waals surface area (Å²) < 4.78 is 0. The molecule has 0 saturated carbocycles. The van der Waals surface area contributed by atoms with Gasteiger partial charge in [0, 0.05) is 23.7 Å². The van der Waals surface area contributed by atoms with E-state index in [-0.39, 0.29) is 5.91 Å². The number of nitrogens with zero attached hydrogens (tertiary/aromatic N) is 3. The monoisotopic (exact) mass is 339 g/mol. The van der Waals surface area contributed by atoms with Crippen molar-refractivity contribution in [1.82, 2.24) is 20.2 Å². The highest BCUT2D eigenvalue weighted by Gasteiger charge is 2.11. The Hall–Kier alpha value is -2.67. The summed E-state index contributed by atoms with van der Waals surface area (Å²) in [6, 6.07) is 11.4. The summed E-state index contributed by atoms with van der Waals surface area (Å²) in [4.78, 5) is 20.5. The second-order valence-electron chi connectivity index (χ2n) is 5.19. The minimum Gasteiger partial charge on any atom is -0.325 e. The van der Waals surface area contributed by atoms with Crippen LogP contribution >= 0.6 is 11.8 Å². The molecule has 0 unspecified atom stereocenters. The van der Waals surface area contributed by atoms with Crippen LogP contribution in [0.5, 0.6) is 0 Å². The van der Waals surface area contributed by atoms with Crippen molar-refractivity contribution >= 4 is 23.4 Å². The van der Waals surface area contributed by atoms with E-state index in [0.29, 0.717) is 17.3 Å². The van der Waals surface area contributed by atoms with Crippen molar-refractivity contribution in [3.63, 3.8) is 0 Å². The number of aromatic amines is 1. The van der Waals surface area contributed by atoms with E-state index in [1.165, 1.54) is 0 Å². The number of H-pyrrole nitrogens is 1. The third-order valence-corrected chi connectivity index (χ3v) is 4.29. The zero-order valence-electron chi connectivity index (χ0n) is 13.2. The third-order valence-electron chi connectivity index (χ3n) is 3.29. The van der Waals surface area contributed by atoms with Crippen LogP contribution in [0.25, 0.3) is 11.4 Å². The SMILES string of the molecule is Cc1nc(-c2ccccc2NC(=O)CSCc2ccncc2)n[nH]1. The quantitative estimate of drug-likeness (QED) is 0.721. The molecule has 0 atom stereocenters. The number of thioether (sulfide) groups is 1. The van der Waals surface area contributed by atoms with Crippen molar-refractivity contribution in [2.45, 2.75) is 12.7 Å². The van der Waals surface area contributed by atoms with Gasteiger partial charge in [-0.3, -0.25) is 14.9 Å². The predicted molar refractivity (Wildman–Crippen MR) is 95.6 cm³/mol. The number of nitrogens with one attached hydrogen (secondary N) is 2. The fourth-order valence-electron chi connectivity index (χ4n) is 2.18. The van der Waals surface area contributed by atoms with E-state index >= 15 is 0 Å². The fraction of sp³-hybridized carbons (Fsp3) is 0.176. The van der Waals surface area contributed by atoms with Crippen LogP contribution in [-0.4, -0.2) is 31.8 Å². The van der Waals surface area contributed by atoms with Crippen LogP contribution in [0.4, 0.5) is 5.69 Å². The van der Waals surface area contributed by atoms with Gasteiger partial charge in [0.25, 0.3) is 0 Å². The van der Waals surface area contributed by atoms with E-state index in [0.717, 1.165) is 22.7 Å². The molecule has 1 aromatic carbocycles. The van der Waals surface area contributed by atoms with E-state index in [9.17, 15) is 4.79 Å². The van der Waals surface area contributed by atoms with Crippen molar-refractivity contribution in [3.05, 3.63) is 60.2 Å². The van der Waals surface area contributed by atoms with Gasteiger partial charge in [-0.25, -0.2) is 4.98 Å². The number of amides is 1. The Morgan fingerprint density at radius 3 is 2.75 bits per heavy atom. The molecule has 0 saturated heterocycles. The Kier molecular flexibility index (Phi) is 5.22. The minimum absolute atomic E-state index is 0.0474. The Balaban J connectivity index is 1.60. The normalized spacial score (nSPS) is 10.5. The van der Waals surface area contributed by atoms with Crippen molar-refractivity contribution in [2.24, 2.45) is 0 Å². The molecule has 0 fully saturated rings. The maximum Gasteiger partial charge on any atom is 0.234 e. The van der Waals surface area contributed by atoms with Crippen LogP contribution in [0.15, 0.2) is 48.8 Å². The van der Waals surface area contributed by atoms with Crippen LogP contribution < -0.4 is 5.32 Å². The number of aryl methyl sites for hydroxylation is 1. The van der Waals surface area contributed by atoms with Crippen LogP contribution in [0.2, 0.25) is 0 Å². The molecule has 3 aromatic rings. The number of benzene rings is 1. The lowest BCUT2D eigenvalue weighted by Crippen LogP contribution is -2.15. The first-order chi connectivity index (χ1) is 11.7. The molecular weight excluding hydrogens is 322 g/mol. The number of aromatic nitrogens is 4. The van der Waals surface area contributed by atoms with Gasteiger partial charge in [0.15, 0.2) is 5.82 Å². The second kappa shape index (κ2) is 7.74. The van der Waals surface area contributed by atoms with Crippen LogP contribution in [-0.2, 0) is 10.5 Å². The molecule has 2 aromatic heterocycles. The number of anilines is 1. The molecule has 0 radical (unpaired) electrons. The zero-order chi connectivity index (χ0) is 16.8. The van der Waals surface area contributed by atoms with Crippen LogP contribution in [0.1, 0.15) is 11.4 Å². The van der Waals surface area contributed by atoms with Gasteiger partial charge in [0.2, 0.25) is 5.91 Å². The fourth-order valence-corrected chi connectivity index (χ4v) is 2.96. The van der Waals surface area contributed by atoms with Gasteiger partial charge >= 0.3 is 0 Å². The lowest BCUT2D eigenvalue weighted by atomic mass is 10.1. The first kappa shape index (κ1) is 16.2. The lowest BCUT2D eigenvalue weighted by molar-refractivity contribution is -0.113. The van der Waals surface area contributed by atoms with Crippen molar-refractivity contribution < 1.29 is 4.79 Å². The predicted octanol–water partition coefficient (Wildman–Crippen LogP) is 3.05. The van der Waals surface area contributed by atoms with Gasteiger partial charge in [-0.05, 0) is 36.8 Å². The molecular formula is C17H17N5OS. The molecule has 0 spiro atoms. The Labute approximate surface area is 144 Å². The molecule has 0 aliphatic heterocycles. The number of para-hydroxylation sites is 1. The second-order valence-corrected chi connectivity index (χ2v) is 6.17. The number of carbonyl (C=O) groups is 1. The first-order valence-electron chi connectivity index (χ1n) is 7.47. The summed E-state index contributed by atoms with van der Waals surface area (Å²) in [5.74, 6) is 2.42. The Bertz CT molecular complexity index is 819. The summed E-state index contributed by atoms with van der Waals surface area (Å²) in [6.07, 6.45) is 3.51. The summed E-state index contributed by atoms with van der Waals surface area (Å²) in [5.41, 5.74) is 2.67. The van der Waals surface area contributed by atoms with Gasteiger partial charge in [-0.15, -0.1) is 11.8 Å². The summed E-state index contributed by atoms with van der Waals surface area (Å²) in [7, 11) is 0. The van der Waals surface area contributed by atoms with Crippen molar-refractivity contribution in [1.29, 1.82) is 0 Å². The first-order valence-corrected chi connectivity index (χ1v) is 8.63. The molecule has 0 bridgehead atoms. The highest BCUT2D eigenvalue weighted by atomic mass is 32.2.